The molecule has 0 fully saturated rings. The Kier molecular flexibility index (Phi) is 4.46. The van der Waals surface area contributed by atoms with Crippen LogP contribution in [0.3, 0.4) is 0 Å². The molecule has 5 nitrogen and oxygen atoms in total. The normalized spacial score (nSPS) is 11.0. The molecule has 6 heteroatoms. The number of nitrogens with one attached hydrogen (secondary N) is 1. The topological polar surface area (TPSA) is 51.9 Å². The molecule has 0 spiro atoms. The molecule has 0 aliphatic heterocycles. The molecule has 130 valence electrons. The van der Waals surface area contributed by atoms with E-state index in [2.05, 4.69) is 10.4 Å². The molecular formula is C20H17ClN4O. The highest BCUT2D eigenvalue weighted by molar-refractivity contribution is 6.31. The zero-order chi connectivity index (χ0) is 17.9. The number of carbonyl (C=O) groups excluding carboxylic acids is 1. The van der Waals surface area contributed by atoms with Gasteiger partial charge >= 0.3 is 0 Å². The summed E-state index contributed by atoms with van der Waals surface area (Å²) in [5.41, 5.74) is 2.98. The lowest BCUT2D eigenvalue weighted by molar-refractivity contribution is -0.121. The number of amides is 1. The first-order valence-electron chi connectivity index (χ1n) is 8.29. The minimum absolute atomic E-state index is 0.0429. The molecule has 1 amide bonds. The lowest BCUT2D eigenvalue weighted by atomic mass is 10.2. The summed E-state index contributed by atoms with van der Waals surface area (Å²) in [4.78, 5) is 12.3. The Labute approximate surface area is 155 Å². The van der Waals surface area contributed by atoms with E-state index in [9.17, 15) is 4.79 Å². The van der Waals surface area contributed by atoms with Gasteiger partial charge in [-0.05, 0) is 47.3 Å². The van der Waals surface area contributed by atoms with Crippen LogP contribution < -0.4 is 5.32 Å². The SMILES string of the molecule is O=C(Cn1ccc2ccc(Cl)cc21)NCc1ccc(-n2cccn2)cc1. The molecule has 2 aromatic carbocycles. The molecular weight excluding hydrogens is 348 g/mol. The molecule has 0 aliphatic rings. The number of halogens is 1. The van der Waals surface area contributed by atoms with Gasteiger partial charge in [0.25, 0.3) is 0 Å². The van der Waals surface area contributed by atoms with Gasteiger partial charge in [0.05, 0.1) is 5.69 Å². The smallest absolute Gasteiger partial charge is 0.240 e. The van der Waals surface area contributed by atoms with Crippen molar-refractivity contribution in [1.82, 2.24) is 19.7 Å². The third-order valence-electron chi connectivity index (χ3n) is 4.24. The molecule has 4 aromatic rings. The maximum absolute atomic E-state index is 12.3. The Bertz CT molecular complexity index is 1040. The van der Waals surface area contributed by atoms with E-state index >= 15 is 0 Å². The zero-order valence-electron chi connectivity index (χ0n) is 14.0. The Hall–Kier alpha value is -3.05. The Balaban J connectivity index is 1.38. The Morgan fingerprint density at radius 3 is 2.69 bits per heavy atom. The van der Waals surface area contributed by atoms with Crippen molar-refractivity contribution in [3.05, 3.63) is 83.8 Å². The molecule has 0 radical (unpaired) electrons. The summed E-state index contributed by atoms with van der Waals surface area (Å²) in [6.07, 6.45) is 5.54. The van der Waals surface area contributed by atoms with Crippen LogP contribution in [0.15, 0.2) is 73.2 Å². The van der Waals surface area contributed by atoms with E-state index in [1.165, 1.54) is 0 Å². The highest BCUT2D eigenvalue weighted by Crippen LogP contribution is 2.20. The van der Waals surface area contributed by atoms with Crippen LogP contribution >= 0.6 is 11.6 Å². The van der Waals surface area contributed by atoms with Crippen LogP contribution in [0.2, 0.25) is 5.02 Å². The van der Waals surface area contributed by atoms with Crippen LogP contribution in [0.4, 0.5) is 0 Å². The molecule has 0 atom stereocenters. The van der Waals surface area contributed by atoms with Crippen LogP contribution in [0, 0.1) is 0 Å². The molecule has 0 saturated carbocycles. The summed E-state index contributed by atoms with van der Waals surface area (Å²) in [5.74, 6) is -0.0429. The number of hydrogen-bond acceptors (Lipinski definition) is 2. The van der Waals surface area contributed by atoms with Gasteiger partial charge in [-0.15, -0.1) is 0 Å². The number of carbonyl (C=O) groups is 1. The van der Waals surface area contributed by atoms with Gasteiger partial charge in [0, 0.05) is 35.7 Å². The van der Waals surface area contributed by atoms with Gasteiger partial charge in [0.2, 0.25) is 5.91 Å². The van der Waals surface area contributed by atoms with Crippen molar-refractivity contribution in [3.63, 3.8) is 0 Å². The maximum Gasteiger partial charge on any atom is 0.240 e. The minimum atomic E-state index is -0.0429. The predicted octanol–water partition coefficient (Wildman–Crippen LogP) is 3.80. The van der Waals surface area contributed by atoms with E-state index in [1.54, 1.807) is 10.9 Å². The molecule has 4 rings (SSSR count). The number of benzene rings is 2. The third kappa shape index (κ3) is 3.48. The van der Waals surface area contributed by atoms with E-state index in [1.807, 2.05) is 71.6 Å². The average Bonchev–Trinajstić information content (AvgIpc) is 3.31. The molecule has 26 heavy (non-hydrogen) atoms. The zero-order valence-corrected chi connectivity index (χ0v) is 14.7. The third-order valence-corrected chi connectivity index (χ3v) is 4.48. The number of nitrogens with zero attached hydrogens (tertiary/aromatic N) is 3. The minimum Gasteiger partial charge on any atom is -0.350 e. The number of rotatable bonds is 5. The molecule has 0 bridgehead atoms. The first-order valence-corrected chi connectivity index (χ1v) is 8.67. The van der Waals surface area contributed by atoms with Crippen LogP contribution in [-0.4, -0.2) is 20.3 Å². The van der Waals surface area contributed by atoms with Crippen molar-refractivity contribution in [2.75, 3.05) is 0 Å². The molecule has 0 unspecified atom stereocenters. The molecule has 2 aromatic heterocycles. The monoisotopic (exact) mass is 364 g/mol. The van der Waals surface area contributed by atoms with Gasteiger partial charge in [0.1, 0.15) is 6.54 Å². The van der Waals surface area contributed by atoms with Gasteiger partial charge in [-0.3, -0.25) is 4.79 Å². The van der Waals surface area contributed by atoms with Gasteiger partial charge in [-0.2, -0.15) is 5.10 Å². The van der Waals surface area contributed by atoms with Gasteiger partial charge in [-0.1, -0.05) is 29.8 Å². The van der Waals surface area contributed by atoms with Crippen LogP contribution in [0.5, 0.6) is 0 Å². The fraction of sp³-hybridized carbons (Fsp3) is 0.100. The van der Waals surface area contributed by atoms with Crippen molar-refractivity contribution in [3.8, 4) is 5.69 Å². The van der Waals surface area contributed by atoms with Crippen molar-refractivity contribution in [2.24, 2.45) is 0 Å². The maximum atomic E-state index is 12.3. The predicted molar refractivity (Wildman–Crippen MR) is 102 cm³/mol. The summed E-state index contributed by atoms with van der Waals surface area (Å²) < 4.78 is 3.70. The number of hydrogen-bond donors (Lipinski definition) is 1. The molecule has 0 saturated heterocycles. The summed E-state index contributed by atoms with van der Waals surface area (Å²) in [6.45, 7) is 0.743. The first kappa shape index (κ1) is 16.4. The van der Waals surface area contributed by atoms with E-state index in [0.717, 1.165) is 22.2 Å². The van der Waals surface area contributed by atoms with Gasteiger partial charge < -0.3 is 9.88 Å². The van der Waals surface area contributed by atoms with Crippen LogP contribution in [0.25, 0.3) is 16.6 Å². The second-order valence-electron chi connectivity index (χ2n) is 6.04. The van der Waals surface area contributed by atoms with Crippen molar-refractivity contribution in [1.29, 1.82) is 0 Å². The largest absolute Gasteiger partial charge is 0.350 e. The quantitative estimate of drug-likeness (QED) is 0.585. The van der Waals surface area contributed by atoms with E-state index in [4.69, 9.17) is 11.6 Å². The fourth-order valence-corrected chi connectivity index (χ4v) is 3.06. The van der Waals surface area contributed by atoms with Crippen LogP contribution in [0.1, 0.15) is 5.56 Å². The van der Waals surface area contributed by atoms with Gasteiger partial charge in [0.15, 0.2) is 0 Å². The first-order chi connectivity index (χ1) is 12.7. The van der Waals surface area contributed by atoms with E-state index in [0.29, 0.717) is 11.6 Å². The molecule has 0 aliphatic carbocycles. The summed E-state index contributed by atoms with van der Waals surface area (Å²) >= 11 is 6.05. The average molecular weight is 365 g/mol. The lowest BCUT2D eigenvalue weighted by Crippen LogP contribution is -2.26. The fourth-order valence-electron chi connectivity index (χ4n) is 2.89. The van der Waals surface area contributed by atoms with Crippen molar-refractivity contribution < 1.29 is 4.79 Å². The standard InChI is InChI=1S/C20H17ClN4O/c21-17-5-4-16-8-11-24(19(16)12-17)14-20(26)22-13-15-2-6-18(7-3-15)25-10-1-9-23-25/h1-12H,13-14H2,(H,22,26). The van der Waals surface area contributed by atoms with Crippen LogP contribution in [-0.2, 0) is 17.9 Å². The Morgan fingerprint density at radius 1 is 1.08 bits per heavy atom. The van der Waals surface area contributed by atoms with Gasteiger partial charge in [-0.25, -0.2) is 4.68 Å². The Morgan fingerprint density at radius 2 is 1.92 bits per heavy atom. The summed E-state index contributed by atoms with van der Waals surface area (Å²) in [7, 11) is 0. The second-order valence-corrected chi connectivity index (χ2v) is 6.48. The number of aromatic nitrogens is 3. The lowest BCUT2D eigenvalue weighted by Gasteiger charge is -2.09. The molecule has 2 heterocycles. The summed E-state index contributed by atoms with van der Waals surface area (Å²) in [5, 5.41) is 8.88. The molecule has 1 N–H and O–H groups in total. The van der Waals surface area contributed by atoms with Crippen molar-refractivity contribution in [2.45, 2.75) is 13.1 Å². The highest BCUT2D eigenvalue weighted by atomic mass is 35.5. The second kappa shape index (κ2) is 7.06. The van der Waals surface area contributed by atoms with Crippen molar-refractivity contribution >= 4 is 28.4 Å². The summed E-state index contributed by atoms with van der Waals surface area (Å²) in [6, 6.07) is 17.5. The highest BCUT2D eigenvalue weighted by Gasteiger charge is 2.07. The van der Waals surface area contributed by atoms with E-state index in [-0.39, 0.29) is 12.5 Å². The number of fused-ring (bicyclic) bond motifs is 1. The van der Waals surface area contributed by atoms with E-state index < -0.39 is 0 Å².